The van der Waals surface area contributed by atoms with Crippen LogP contribution in [0.5, 0.6) is 11.5 Å². The van der Waals surface area contributed by atoms with E-state index in [4.69, 9.17) is 9.47 Å². The van der Waals surface area contributed by atoms with Crippen LogP contribution in [0, 0.1) is 0 Å². The molecule has 10 nitrogen and oxygen atoms in total. The number of para-hydroxylation sites is 1. The molecule has 0 saturated heterocycles. The Balaban J connectivity index is 1.63. The van der Waals surface area contributed by atoms with Crippen molar-refractivity contribution >= 4 is 31.6 Å². The molecule has 0 fully saturated rings. The maximum absolute atomic E-state index is 13.4. The van der Waals surface area contributed by atoms with Crippen molar-refractivity contribution in [3.8, 4) is 11.5 Å². The second-order valence-electron chi connectivity index (χ2n) is 8.21. The predicted molar refractivity (Wildman–Crippen MR) is 144 cm³/mol. The van der Waals surface area contributed by atoms with Gasteiger partial charge in [0.2, 0.25) is 15.9 Å². The molecule has 3 rings (SSSR count). The summed E-state index contributed by atoms with van der Waals surface area (Å²) in [7, 11) is -4.69. The topological polar surface area (TPSA) is 122 Å². The first-order valence-corrected chi connectivity index (χ1v) is 14.7. The minimum absolute atomic E-state index is 0.0284. The Hall–Kier alpha value is -3.61. The molecule has 0 radical (unpaired) electrons. The maximum atomic E-state index is 13.4. The van der Waals surface area contributed by atoms with E-state index in [1.165, 1.54) is 50.5 Å². The molecule has 0 aliphatic rings. The monoisotopic (exact) mass is 561 g/mol. The van der Waals surface area contributed by atoms with E-state index in [9.17, 15) is 21.6 Å². The number of hydrogen-bond acceptors (Lipinski definition) is 7. The van der Waals surface area contributed by atoms with E-state index in [2.05, 4.69) is 5.32 Å². The van der Waals surface area contributed by atoms with Gasteiger partial charge in [0.25, 0.3) is 10.0 Å². The Morgan fingerprint density at radius 3 is 1.82 bits per heavy atom. The lowest BCUT2D eigenvalue weighted by molar-refractivity contribution is -0.119. The van der Waals surface area contributed by atoms with Crippen LogP contribution in [0.3, 0.4) is 0 Å². The van der Waals surface area contributed by atoms with Gasteiger partial charge < -0.3 is 14.8 Å². The number of nitrogens with one attached hydrogen (secondary N) is 1. The van der Waals surface area contributed by atoms with Crippen molar-refractivity contribution in [2.24, 2.45) is 0 Å². The van der Waals surface area contributed by atoms with E-state index in [1.54, 1.807) is 42.5 Å². The molecular formula is C26H31N3O7S2. The summed E-state index contributed by atoms with van der Waals surface area (Å²) in [5.41, 5.74) is 0.348. The fourth-order valence-corrected chi connectivity index (χ4v) is 5.70. The molecule has 0 atom stereocenters. The Morgan fingerprint density at radius 2 is 1.29 bits per heavy atom. The summed E-state index contributed by atoms with van der Waals surface area (Å²) in [5, 5.41) is 2.66. The highest BCUT2D eigenvalue weighted by atomic mass is 32.2. The number of sulfonamides is 2. The minimum Gasteiger partial charge on any atom is -0.494 e. The summed E-state index contributed by atoms with van der Waals surface area (Å²) in [6.45, 7) is 2.07. The average Bonchev–Trinajstić information content (AvgIpc) is 2.91. The molecule has 0 saturated carbocycles. The number of rotatable bonds is 13. The molecule has 204 valence electrons. The molecule has 1 amide bonds. The fourth-order valence-electron chi connectivity index (χ4n) is 3.38. The van der Waals surface area contributed by atoms with Gasteiger partial charge in [0, 0.05) is 14.1 Å². The van der Waals surface area contributed by atoms with Crippen molar-refractivity contribution in [3.63, 3.8) is 0 Å². The first-order valence-electron chi connectivity index (χ1n) is 11.8. The summed E-state index contributed by atoms with van der Waals surface area (Å²) in [6, 6.07) is 20.3. The number of carbonyl (C=O) groups excluding carboxylic acids is 1. The predicted octanol–water partition coefficient (Wildman–Crippen LogP) is 2.73. The molecule has 0 aliphatic carbocycles. The zero-order valence-corrected chi connectivity index (χ0v) is 23.0. The first kappa shape index (κ1) is 29.0. The Labute approximate surface area is 223 Å². The molecule has 0 aliphatic heterocycles. The van der Waals surface area contributed by atoms with Gasteiger partial charge in [0.1, 0.15) is 24.7 Å². The van der Waals surface area contributed by atoms with Gasteiger partial charge in [-0.1, -0.05) is 18.2 Å². The van der Waals surface area contributed by atoms with Crippen LogP contribution in [0.2, 0.25) is 0 Å². The highest BCUT2D eigenvalue weighted by Crippen LogP contribution is 2.25. The van der Waals surface area contributed by atoms with Crippen LogP contribution in [0.4, 0.5) is 5.69 Å². The van der Waals surface area contributed by atoms with Gasteiger partial charge in [-0.05, 0) is 67.6 Å². The van der Waals surface area contributed by atoms with E-state index in [-0.39, 0.29) is 22.9 Å². The van der Waals surface area contributed by atoms with Crippen molar-refractivity contribution in [1.29, 1.82) is 0 Å². The van der Waals surface area contributed by atoms with Gasteiger partial charge in [-0.2, -0.15) is 0 Å². The van der Waals surface area contributed by atoms with Crippen LogP contribution in [0.25, 0.3) is 0 Å². The minimum atomic E-state index is -4.04. The zero-order valence-electron chi connectivity index (χ0n) is 21.4. The molecule has 0 spiro atoms. The number of anilines is 1. The molecular weight excluding hydrogens is 530 g/mol. The SMILES string of the molecule is CCOc1ccc(S(=O)(=O)N(CC(=O)NCCOc2ccc(S(=O)(=O)N(C)C)cc2)c2ccccc2)cc1. The third kappa shape index (κ3) is 7.24. The number of ether oxygens (including phenoxy) is 2. The second kappa shape index (κ2) is 12.8. The Kier molecular flexibility index (Phi) is 9.72. The molecule has 0 unspecified atom stereocenters. The van der Waals surface area contributed by atoms with Gasteiger partial charge in [0.05, 0.1) is 28.6 Å². The van der Waals surface area contributed by atoms with Crippen LogP contribution in [-0.2, 0) is 24.8 Å². The van der Waals surface area contributed by atoms with Crippen molar-refractivity contribution in [2.75, 3.05) is 44.7 Å². The van der Waals surface area contributed by atoms with Gasteiger partial charge in [-0.15, -0.1) is 0 Å². The molecule has 0 bridgehead atoms. The molecule has 1 N–H and O–H groups in total. The zero-order chi connectivity index (χ0) is 27.8. The number of nitrogens with zero attached hydrogens (tertiary/aromatic N) is 2. The van der Waals surface area contributed by atoms with E-state index in [1.807, 2.05) is 6.92 Å². The number of carbonyl (C=O) groups is 1. The van der Waals surface area contributed by atoms with Crippen molar-refractivity contribution in [3.05, 3.63) is 78.9 Å². The van der Waals surface area contributed by atoms with Crippen LogP contribution in [-0.4, -0.2) is 67.4 Å². The number of hydrogen-bond donors (Lipinski definition) is 1. The summed E-state index contributed by atoms with van der Waals surface area (Å²) in [6.07, 6.45) is 0. The third-order valence-corrected chi connectivity index (χ3v) is 8.97. The van der Waals surface area contributed by atoms with Gasteiger partial charge >= 0.3 is 0 Å². The summed E-state index contributed by atoms with van der Waals surface area (Å²) < 4.78 is 64.3. The number of amides is 1. The lowest BCUT2D eigenvalue weighted by atomic mass is 10.3. The van der Waals surface area contributed by atoms with Gasteiger partial charge in [0.15, 0.2) is 0 Å². The van der Waals surface area contributed by atoms with E-state index < -0.39 is 32.5 Å². The van der Waals surface area contributed by atoms with Crippen LogP contribution in [0.15, 0.2) is 88.7 Å². The largest absolute Gasteiger partial charge is 0.494 e. The van der Waals surface area contributed by atoms with Crippen LogP contribution < -0.4 is 19.1 Å². The lowest BCUT2D eigenvalue weighted by Crippen LogP contribution is -2.41. The Bertz CT molecular complexity index is 1410. The van der Waals surface area contributed by atoms with Gasteiger partial charge in [-0.25, -0.2) is 21.1 Å². The Morgan fingerprint density at radius 1 is 0.763 bits per heavy atom. The van der Waals surface area contributed by atoms with Crippen molar-refractivity contribution in [1.82, 2.24) is 9.62 Å². The molecule has 0 heterocycles. The smallest absolute Gasteiger partial charge is 0.264 e. The first-order chi connectivity index (χ1) is 18.1. The number of benzene rings is 3. The quantitative estimate of drug-likeness (QED) is 0.319. The second-order valence-corrected chi connectivity index (χ2v) is 12.2. The summed E-state index contributed by atoms with van der Waals surface area (Å²) in [4.78, 5) is 12.9. The van der Waals surface area contributed by atoms with Crippen molar-refractivity contribution in [2.45, 2.75) is 16.7 Å². The maximum Gasteiger partial charge on any atom is 0.264 e. The van der Waals surface area contributed by atoms with Crippen LogP contribution in [0.1, 0.15) is 6.92 Å². The van der Waals surface area contributed by atoms with E-state index in [0.29, 0.717) is 23.8 Å². The molecule has 12 heteroatoms. The molecule has 3 aromatic rings. The lowest BCUT2D eigenvalue weighted by Gasteiger charge is -2.24. The van der Waals surface area contributed by atoms with Gasteiger partial charge in [-0.3, -0.25) is 9.10 Å². The van der Waals surface area contributed by atoms with Crippen molar-refractivity contribution < 1.29 is 31.1 Å². The fraction of sp³-hybridized carbons (Fsp3) is 0.269. The highest BCUT2D eigenvalue weighted by Gasteiger charge is 2.27. The van der Waals surface area contributed by atoms with E-state index in [0.717, 1.165) is 8.61 Å². The summed E-state index contributed by atoms with van der Waals surface area (Å²) >= 11 is 0. The van der Waals surface area contributed by atoms with E-state index >= 15 is 0 Å². The third-order valence-electron chi connectivity index (χ3n) is 5.35. The average molecular weight is 562 g/mol. The normalized spacial score (nSPS) is 11.7. The molecule has 38 heavy (non-hydrogen) atoms. The molecule has 0 aromatic heterocycles. The highest BCUT2D eigenvalue weighted by molar-refractivity contribution is 7.92. The van der Waals surface area contributed by atoms with Crippen LogP contribution >= 0.6 is 0 Å². The molecule has 3 aromatic carbocycles. The summed E-state index contributed by atoms with van der Waals surface area (Å²) in [5.74, 6) is 0.463. The standard InChI is InChI=1S/C26H31N3O7S2/c1-4-35-22-10-16-25(17-11-22)38(33,34)29(21-8-6-5-7-9-21)20-26(30)27-18-19-36-23-12-14-24(15-13-23)37(31,32)28(2)3/h5-17H,4,18-20H2,1-3H3,(H,27,30).